The van der Waals surface area contributed by atoms with Crippen molar-refractivity contribution < 1.29 is 0 Å². The molecule has 0 saturated heterocycles. The predicted octanol–water partition coefficient (Wildman–Crippen LogP) is 3.92. The van der Waals surface area contributed by atoms with Gasteiger partial charge in [0.1, 0.15) is 0 Å². The summed E-state index contributed by atoms with van der Waals surface area (Å²) in [7, 11) is 0. The summed E-state index contributed by atoms with van der Waals surface area (Å²) in [5.41, 5.74) is 8.89. The third-order valence-corrected chi connectivity index (χ3v) is 4.23. The molecule has 4 heteroatoms. The van der Waals surface area contributed by atoms with Crippen LogP contribution in [-0.2, 0) is 6.54 Å². The summed E-state index contributed by atoms with van der Waals surface area (Å²) in [6.07, 6.45) is 3.93. The van der Waals surface area contributed by atoms with Crippen LogP contribution in [0.15, 0.2) is 71.9 Å². The van der Waals surface area contributed by atoms with Crippen LogP contribution in [0.1, 0.15) is 0 Å². The van der Waals surface area contributed by atoms with E-state index in [4.69, 9.17) is 5.73 Å². The molecule has 0 unspecified atom stereocenters. The highest BCUT2D eigenvalue weighted by Crippen LogP contribution is 2.25. The first-order valence-corrected chi connectivity index (χ1v) is 7.87. The number of hydrogen-bond donors (Lipinski definition) is 1. The van der Waals surface area contributed by atoms with Crippen LogP contribution in [0.4, 0.5) is 5.69 Å². The normalized spacial score (nSPS) is 10.7. The molecule has 0 spiro atoms. The van der Waals surface area contributed by atoms with E-state index in [2.05, 4.69) is 35.6 Å². The number of nitrogen functional groups attached to an aromatic ring is 1. The van der Waals surface area contributed by atoms with E-state index < -0.39 is 0 Å². The lowest BCUT2D eigenvalue weighted by Crippen LogP contribution is -2.00. The number of aryl methyl sites for hydroxylation is 1. The van der Waals surface area contributed by atoms with Crippen LogP contribution in [0.5, 0.6) is 0 Å². The van der Waals surface area contributed by atoms with Crippen LogP contribution in [0.3, 0.4) is 0 Å². The van der Waals surface area contributed by atoms with Crippen molar-refractivity contribution in [3.8, 4) is 11.1 Å². The van der Waals surface area contributed by atoms with Crippen LogP contribution in [-0.4, -0.2) is 15.5 Å². The minimum absolute atomic E-state index is 0.788. The Kier molecular flexibility index (Phi) is 4.26. The average molecular weight is 295 g/mol. The summed E-state index contributed by atoms with van der Waals surface area (Å²) >= 11 is 1.84. The van der Waals surface area contributed by atoms with Crippen molar-refractivity contribution in [2.45, 2.75) is 11.4 Å². The molecule has 0 aliphatic heterocycles. The number of para-hydroxylation sites is 1. The monoisotopic (exact) mass is 295 g/mol. The van der Waals surface area contributed by atoms with Crippen LogP contribution >= 0.6 is 11.8 Å². The first kappa shape index (κ1) is 13.8. The standard InChI is InChI=1S/C17H17N3S/c18-17-9-5-4-8-16(17)14-12-19-20(13-14)10-11-21-15-6-2-1-3-7-15/h1-9,12-13H,10-11,18H2. The van der Waals surface area contributed by atoms with Gasteiger partial charge in [-0.05, 0) is 18.2 Å². The third-order valence-electron chi connectivity index (χ3n) is 3.24. The maximum atomic E-state index is 6.00. The van der Waals surface area contributed by atoms with Crippen molar-refractivity contribution >= 4 is 17.4 Å². The Morgan fingerprint density at radius 2 is 1.76 bits per heavy atom. The van der Waals surface area contributed by atoms with E-state index in [1.54, 1.807) is 0 Å². The Balaban J connectivity index is 1.62. The van der Waals surface area contributed by atoms with Gasteiger partial charge < -0.3 is 5.73 Å². The predicted molar refractivity (Wildman–Crippen MR) is 89.2 cm³/mol. The van der Waals surface area contributed by atoms with Crippen molar-refractivity contribution in [3.05, 3.63) is 67.0 Å². The van der Waals surface area contributed by atoms with Gasteiger partial charge in [0.2, 0.25) is 0 Å². The topological polar surface area (TPSA) is 43.8 Å². The van der Waals surface area contributed by atoms with E-state index >= 15 is 0 Å². The number of aromatic nitrogens is 2. The second kappa shape index (κ2) is 6.50. The van der Waals surface area contributed by atoms with Gasteiger partial charge in [-0.3, -0.25) is 4.68 Å². The zero-order chi connectivity index (χ0) is 14.5. The Labute approximate surface area is 128 Å². The SMILES string of the molecule is Nc1ccccc1-c1cnn(CCSc2ccccc2)c1. The van der Waals surface area contributed by atoms with Gasteiger partial charge in [-0.2, -0.15) is 5.10 Å². The maximum Gasteiger partial charge on any atom is 0.0569 e. The summed E-state index contributed by atoms with van der Waals surface area (Å²) in [6, 6.07) is 18.3. The van der Waals surface area contributed by atoms with E-state index in [-0.39, 0.29) is 0 Å². The zero-order valence-corrected chi connectivity index (χ0v) is 12.5. The summed E-state index contributed by atoms with van der Waals surface area (Å²) < 4.78 is 1.97. The van der Waals surface area contributed by atoms with Crippen LogP contribution < -0.4 is 5.73 Å². The lowest BCUT2D eigenvalue weighted by molar-refractivity contribution is 0.666. The van der Waals surface area contributed by atoms with Crippen LogP contribution in [0.2, 0.25) is 0 Å². The number of hydrogen-bond acceptors (Lipinski definition) is 3. The second-order valence-corrected chi connectivity index (χ2v) is 5.91. The molecule has 0 amide bonds. The molecule has 2 aromatic carbocycles. The van der Waals surface area contributed by atoms with E-state index in [0.29, 0.717) is 0 Å². The first-order chi connectivity index (χ1) is 10.3. The molecule has 1 aromatic heterocycles. The van der Waals surface area contributed by atoms with Crippen LogP contribution in [0, 0.1) is 0 Å². The van der Waals surface area contributed by atoms with E-state index in [1.165, 1.54) is 4.90 Å². The van der Waals surface area contributed by atoms with Crippen molar-refractivity contribution in [2.24, 2.45) is 0 Å². The van der Waals surface area contributed by atoms with E-state index in [9.17, 15) is 0 Å². The van der Waals surface area contributed by atoms with Crippen LogP contribution in [0.25, 0.3) is 11.1 Å². The Morgan fingerprint density at radius 3 is 2.57 bits per heavy atom. The van der Waals surface area contributed by atoms with Gasteiger partial charge in [-0.1, -0.05) is 36.4 Å². The Morgan fingerprint density at radius 1 is 1.00 bits per heavy atom. The molecule has 2 N–H and O–H groups in total. The number of nitrogens with zero attached hydrogens (tertiary/aromatic N) is 2. The molecule has 0 radical (unpaired) electrons. The molecule has 0 aliphatic rings. The molecule has 3 aromatic rings. The minimum Gasteiger partial charge on any atom is -0.398 e. The summed E-state index contributed by atoms with van der Waals surface area (Å²) in [5.74, 6) is 0.995. The fourth-order valence-electron chi connectivity index (χ4n) is 2.16. The number of thioether (sulfide) groups is 1. The summed E-state index contributed by atoms with van der Waals surface area (Å²) in [6.45, 7) is 0.881. The fourth-order valence-corrected chi connectivity index (χ4v) is 3.02. The molecule has 0 saturated carbocycles. The lowest BCUT2D eigenvalue weighted by Gasteiger charge is -2.03. The molecular formula is C17H17N3S. The largest absolute Gasteiger partial charge is 0.398 e. The quantitative estimate of drug-likeness (QED) is 0.573. The van der Waals surface area contributed by atoms with Gasteiger partial charge in [0.15, 0.2) is 0 Å². The molecule has 3 rings (SSSR count). The highest BCUT2D eigenvalue weighted by Gasteiger charge is 2.04. The molecule has 106 valence electrons. The summed E-state index contributed by atoms with van der Waals surface area (Å²) in [5, 5.41) is 4.41. The van der Waals surface area contributed by atoms with Gasteiger partial charge >= 0.3 is 0 Å². The first-order valence-electron chi connectivity index (χ1n) is 6.88. The summed E-state index contributed by atoms with van der Waals surface area (Å²) in [4.78, 5) is 1.29. The molecule has 0 bridgehead atoms. The number of rotatable bonds is 5. The smallest absolute Gasteiger partial charge is 0.0569 e. The molecule has 0 aliphatic carbocycles. The van der Waals surface area contributed by atoms with Gasteiger partial charge in [0.05, 0.1) is 12.7 Å². The van der Waals surface area contributed by atoms with Crippen molar-refractivity contribution in [2.75, 3.05) is 11.5 Å². The van der Waals surface area contributed by atoms with Crippen molar-refractivity contribution in [1.82, 2.24) is 9.78 Å². The zero-order valence-electron chi connectivity index (χ0n) is 11.6. The van der Waals surface area contributed by atoms with Crippen molar-refractivity contribution in [1.29, 1.82) is 0 Å². The average Bonchev–Trinajstić information content (AvgIpc) is 2.97. The maximum absolute atomic E-state index is 6.00. The minimum atomic E-state index is 0.788. The fraction of sp³-hybridized carbons (Fsp3) is 0.118. The third kappa shape index (κ3) is 3.47. The highest BCUT2D eigenvalue weighted by molar-refractivity contribution is 7.99. The van der Waals surface area contributed by atoms with E-state index in [1.807, 2.05) is 53.0 Å². The molecule has 21 heavy (non-hydrogen) atoms. The molecule has 3 nitrogen and oxygen atoms in total. The van der Waals surface area contributed by atoms with Gasteiger partial charge in [0.25, 0.3) is 0 Å². The molecule has 1 heterocycles. The number of benzene rings is 2. The molecule has 0 fully saturated rings. The Hall–Kier alpha value is -2.20. The second-order valence-electron chi connectivity index (χ2n) is 4.74. The molecular weight excluding hydrogens is 278 g/mol. The van der Waals surface area contributed by atoms with Gasteiger partial charge in [-0.25, -0.2) is 0 Å². The van der Waals surface area contributed by atoms with E-state index in [0.717, 1.165) is 29.1 Å². The lowest BCUT2D eigenvalue weighted by atomic mass is 10.1. The Bertz CT molecular complexity index is 707. The number of nitrogens with two attached hydrogens (primary N) is 1. The number of anilines is 1. The molecule has 0 atom stereocenters. The van der Waals surface area contributed by atoms with Crippen molar-refractivity contribution in [3.63, 3.8) is 0 Å². The van der Waals surface area contributed by atoms with Gasteiger partial charge in [0, 0.05) is 33.7 Å². The highest BCUT2D eigenvalue weighted by atomic mass is 32.2. The van der Waals surface area contributed by atoms with Gasteiger partial charge in [-0.15, -0.1) is 11.8 Å².